The molecule has 0 saturated heterocycles. The van der Waals surface area contributed by atoms with E-state index in [9.17, 15) is 0 Å². The molecule has 2 rings (SSSR count). The fourth-order valence-corrected chi connectivity index (χ4v) is 2.08. The van der Waals surface area contributed by atoms with E-state index in [2.05, 4.69) is 11.2 Å². The number of rotatable bonds is 3. The smallest absolute Gasteiger partial charge is 0.230 e. The molecule has 0 aromatic carbocycles. The van der Waals surface area contributed by atoms with Crippen LogP contribution in [0.25, 0.3) is 0 Å². The van der Waals surface area contributed by atoms with Crippen molar-refractivity contribution in [1.82, 2.24) is 9.78 Å². The number of aromatic nitrogens is 2. The van der Waals surface area contributed by atoms with Crippen molar-refractivity contribution in [3.63, 3.8) is 0 Å². The van der Waals surface area contributed by atoms with Gasteiger partial charge in [0.1, 0.15) is 18.2 Å². The molecule has 2 aromatic rings. The van der Waals surface area contributed by atoms with Crippen molar-refractivity contribution in [3.05, 3.63) is 33.6 Å². The maximum absolute atomic E-state index is 8.99. The Labute approximate surface area is 97.7 Å². The van der Waals surface area contributed by atoms with E-state index in [-0.39, 0.29) is 0 Å². The number of aryl methyl sites for hydroxylation is 2. The minimum absolute atomic E-state index is 0.478. The molecule has 0 N–H and O–H groups in total. The molecule has 0 fully saturated rings. The number of nitriles is 1. The Morgan fingerprint density at radius 3 is 3.06 bits per heavy atom. The zero-order valence-electron chi connectivity index (χ0n) is 9.10. The summed E-state index contributed by atoms with van der Waals surface area (Å²) in [6, 6.07) is 6.09. The zero-order chi connectivity index (χ0) is 11.5. The van der Waals surface area contributed by atoms with Gasteiger partial charge in [0.2, 0.25) is 5.88 Å². The summed E-state index contributed by atoms with van der Waals surface area (Å²) in [5.41, 5.74) is 1.21. The maximum atomic E-state index is 8.99. The molecule has 0 atom stereocenters. The lowest BCUT2D eigenvalue weighted by atomic mass is 10.3. The van der Waals surface area contributed by atoms with E-state index in [0.717, 1.165) is 4.88 Å². The SMILES string of the molecule is Cc1nn(C)c(OCc2cccs2)c1C#N. The summed E-state index contributed by atoms with van der Waals surface area (Å²) in [4.78, 5) is 1.13. The molecule has 0 radical (unpaired) electrons. The topological polar surface area (TPSA) is 50.8 Å². The average Bonchev–Trinajstić information content (AvgIpc) is 2.83. The molecule has 0 aliphatic rings. The fraction of sp³-hybridized carbons (Fsp3) is 0.273. The number of thiophene rings is 1. The highest BCUT2D eigenvalue weighted by Gasteiger charge is 2.14. The highest BCUT2D eigenvalue weighted by molar-refractivity contribution is 7.09. The predicted octanol–water partition coefficient (Wildman–Crippen LogP) is 2.24. The normalized spacial score (nSPS) is 10.1. The zero-order valence-corrected chi connectivity index (χ0v) is 9.91. The van der Waals surface area contributed by atoms with Gasteiger partial charge in [-0.05, 0) is 18.4 Å². The maximum Gasteiger partial charge on any atom is 0.230 e. The molecule has 0 bridgehead atoms. The van der Waals surface area contributed by atoms with Crippen LogP contribution >= 0.6 is 11.3 Å². The standard InChI is InChI=1S/C11H11N3OS/c1-8-10(6-12)11(14(2)13-8)15-7-9-4-3-5-16-9/h3-5H,7H2,1-2H3. The first-order valence-electron chi connectivity index (χ1n) is 4.81. The summed E-state index contributed by atoms with van der Waals surface area (Å²) in [6.45, 7) is 2.28. The van der Waals surface area contributed by atoms with Gasteiger partial charge in [-0.3, -0.25) is 0 Å². The van der Waals surface area contributed by atoms with Crippen molar-refractivity contribution in [2.45, 2.75) is 13.5 Å². The number of hydrogen-bond donors (Lipinski definition) is 0. The Morgan fingerprint density at radius 1 is 1.62 bits per heavy atom. The van der Waals surface area contributed by atoms with Gasteiger partial charge in [0.05, 0.1) is 5.69 Å². The van der Waals surface area contributed by atoms with Crippen LogP contribution < -0.4 is 4.74 Å². The van der Waals surface area contributed by atoms with Gasteiger partial charge in [0.15, 0.2) is 0 Å². The second-order valence-electron chi connectivity index (χ2n) is 3.37. The third kappa shape index (κ3) is 1.92. The lowest BCUT2D eigenvalue weighted by Gasteiger charge is -2.04. The van der Waals surface area contributed by atoms with Crippen LogP contribution in [0.2, 0.25) is 0 Å². The molecule has 0 saturated carbocycles. The Balaban J connectivity index is 2.19. The molecule has 5 heteroatoms. The molecule has 0 aliphatic carbocycles. The Bertz CT molecular complexity index is 522. The van der Waals surface area contributed by atoms with E-state index in [1.54, 1.807) is 30.0 Å². The van der Waals surface area contributed by atoms with Crippen LogP contribution in [-0.4, -0.2) is 9.78 Å². The van der Waals surface area contributed by atoms with Gasteiger partial charge < -0.3 is 4.74 Å². The minimum atomic E-state index is 0.478. The molecule has 0 aliphatic heterocycles. The molecule has 4 nitrogen and oxygen atoms in total. The average molecular weight is 233 g/mol. The van der Waals surface area contributed by atoms with Gasteiger partial charge in [0.25, 0.3) is 0 Å². The van der Waals surface area contributed by atoms with E-state index in [1.165, 1.54) is 0 Å². The van der Waals surface area contributed by atoms with Gasteiger partial charge in [-0.2, -0.15) is 10.4 Å². The summed E-state index contributed by atoms with van der Waals surface area (Å²) in [5, 5.41) is 15.1. The minimum Gasteiger partial charge on any atom is -0.471 e. The molecular formula is C11H11N3OS. The van der Waals surface area contributed by atoms with Crippen LogP contribution in [0.4, 0.5) is 0 Å². The second-order valence-corrected chi connectivity index (χ2v) is 4.40. The summed E-state index contributed by atoms with van der Waals surface area (Å²) in [6.07, 6.45) is 0. The Kier molecular flexibility index (Phi) is 2.93. The van der Waals surface area contributed by atoms with Crippen molar-refractivity contribution in [2.24, 2.45) is 7.05 Å². The third-order valence-electron chi connectivity index (χ3n) is 2.21. The van der Waals surface area contributed by atoms with Crippen LogP contribution in [0.5, 0.6) is 5.88 Å². The lowest BCUT2D eigenvalue weighted by molar-refractivity contribution is 0.281. The Morgan fingerprint density at radius 2 is 2.44 bits per heavy atom. The van der Waals surface area contributed by atoms with Gasteiger partial charge >= 0.3 is 0 Å². The molecular weight excluding hydrogens is 222 g/mol. The Hall–Kier alpha value is -1.80. The monoisotopic (exact) mass is 233 g/mol. The van der Waals surface area contributed by atoms with Gasteiger partial charge in [-0.25, -0.2) is 4.68 Å². The summed E-state index contributed by atoms with van der Waals surface area (Å²) >= 11 is 1.63. The summed E-state index contributed by atoms with van der Waals surface area (Å²) in [7, 11) is 1.78. The molecule has 82 valence electrons. The van der Waals surface area contributed by atoms with Crippen molar-refractivity contribution >= 4 is 11.3 Å². The second kappa shape index (κ2) is 4.37. The van der Waals surface area contributed by atoms with E-state index in [1.807, 2.05) is 17.5 Å². The summed E-state index contributed by atoms with van der Waals surface area (Å²) < 4.78 is 7.21. The first kappa shape index (κ1) is 10.7. The van der Waals surface area contributed by atoms with Crippen molar-refractivity contribution < 1.29 is 4.74 Å². The van der Waals surface area contributed by atoms with Crippen LogP contribution in [0.1, 0.15) is 16.1 Å². The summed E-state index contributed by atoms with van der Waals surface area (Å²) in [5.74, 6) is 0.536. The van der Waals surface area contributed by atoms with E-state index < -0.39 is 0 Å². The van der Waals surface area contributed by atoms with E-state index in [4.69, 9.17) is 10.00 Å². The lowest BCUT2D eigenvalue weighted by Crippen LogP contribution is -2.00. The highest BCUT2D eigenvalue weighted by atomic mass is 32.1. The molecule has 16 heavy (non-hydrogen) atoms. The van der Waals surface area contributed by atoms with Gasteiger partial charge in [-0.1, -0.05) is 6.07 Å². The number of nitrogens with zero attached hydrogens (tertiary/aromatic N) is 3. The molecule has 2 heterocycles. The third-order valence-corrected chi connectivity index (χ3v) is 3.06. The largest absolute Gasteiger partial charge is 0.471 e. The van der Waals surface area contributed by atoms with E-state index >= 15 is 0 Å². The number of hydrogen-bond acceptors (Lipinski definition) is 4. The van der Waals surface area contributed by atoms with Crippen LogP contribution in [-0.2, 0) is 13.7 Å². The number of ether oxygens (including phenoxy) is 1. The van der Waals surface area contributed by atoms with Crippen molar-refractivity contribution in [1.29, 1.82) is 5.26 Å². The van der Waals surface area contributed by atoms with E-state index in [0.29, 0.717) is 23.7 Å². The van der Waals surface area contributed by atoms with Crippen molar-refractivity contribution in [3.8, 4) is 11.9 Å². The van der Waals surface area contributed by atoms with Crippen LogP contribution in [0.15, 0.2) is 17.5 Å². The molecule has 2 aromatic heterocycles. The van der Waals surface area contributed by atoms with Gasteiger partial charge in [0, 0.05) is 11.9 Å². The highest BCUT2D eigenvalue weighted by Crippen LogP contribution is 2.21. The fourth-order valence-electron chi connectivity index (χ4n) is 1.47. The first-order valence-corrected chi connectivity index (χ1v) is 5.69. The van der Waals surface area contributed by atoms with Crippen LogP contribution in [0, 0.1) is 18.3 Å². The van der Waals surface area contributed by atoms with Crippen molar-refractivity contribution in [2.75, 3.05) is 0 Å². The molecule has 0 spiro atoms. The van der Waals surface area contributed by atoms with Gasteiger partial charge in [-0.15, -0.1) is 11.3 Å². The van der Waals surface area contributed by atoms with Crippen LogP contribution in [0.3, 0.4) is 0 Å². The predicted molar refractivity (Wildman–Crippen MR) is 61.3 cm³/mol. The molecule has 0 amide bonds. The molecule has 0 unspecified atom stereocenters. The quantitative estimate of drug-likeness (QED) is 0.817. The first-order chi connectivity index (χ1) is 7.72.